The fraction of sp³-hybridized carbons (Fsp3) is 0.667. The van der Waals surface area contributed by atoms with Crippen molar-refractivity contribution < 1.29 is 14.7 Å². The topological polar surface area (TPSA) is 75.4 Å². The maximum absolute atomic E-state index is 12.7. The van der Waals surface area contributed by atoms with E-state index in [1.165, 1.54) is 0 Å². The number of amides is 1. The number of aliphatic carboxylic acids is 1. The summed E-state index contributed by atoms with van der Waals surface area (Å²) >= 11 is 0. The minimum absolute atomic E-state index is 0.118. The highest BCUT2D eigenvalue weighted by Gasteiger charge is 2.36. The van der Waals surface area contributed by atoms with Crippen molar-refractivity contribution in [3.8, 4) is 0 Å². The second kappa shape index (κ2) is 5.87. The summed E-state index contributed by atoms with van der Waals surface area (Å²) in [4.78, 5) is 25.4. The third-order valence-corrected chi connectivity index (χ3v) is 3.85. The van der Waals surface area contributed by atoms with Crippen LogP contribution < -0.4 is 0 Å². The van der Waals surface area contributed by atoms with Gasteiger partial charge in [-0.25, -0.2) is 0 Å². The fourth-order valence-corrected chi connectivity index (χ4v) is 2.28. The van der Waals surface area contributed by atoms with Crippen molar-refractivity contribution in [3.05, 3.63) is 17.5 Å². The minimum atomic E-state index is -0.874. The molecule has 6 heteroatoms. The number of nitrogens with zero attached hydrogens (tertiary/aromatic N) is 3. The lowest BCUT2D eigenvalue weighted by Gasteiger charge is -2.24. The second-order valence-electron chi connectivity index (χ2n) is 6.16. The number of hydrogen-bond acceptors (Lipinski definition) is 3. The summed E-state index contributed by atoms with van der Waals surface area (Å²) < 4.78 is 1.60. The van der Waals surface area contributed by atoms with Crippen molar-refractivity contribution in [2.75, 3.05) is 6.54 Å². The zero-order valence-electron chi connectivity index (χ0n) is 13.0. The predicted octanol–water partition coefficient (Wildman–Crippen LogP) is 1.87. The van der Waals surface area contributed by atoms with Gasteiger partial charge in [-0.3, -0.25) is 14.3 Å². The van der Waals surface area contributed by atoms with Crippen LogP contribution in [0.5, 0.6) is 0 Å². The number of aromatic nitrogens is 2. The van der Waals surface area contributed by atoms with Gasteiger partial charge in [0.15, 0.2) is 0 Å². The molecule has 21 heavy (non-hydrogen) atoms. The molecule has 1 atom stereocenters. The lowest BCUT2D eigenvalue weighted by molar-refractivity contribution is -0.141. The summed E-state index contributed by atoms with van der Waals surface area (Å²) in [5.74, 6) is -1.30. The molecule has 0 aliphatic heterocycles. The molecular weight excluding hydrogens is 270 g/mol. The average Bonchev–Trinajstić information content (AvgIpc) is 3.16. The number of aryl methyl sites for hydroxylation is 1. The van der Waals surface area contributed by atoms with Gasteiger partial charge in [0.25, 0.3) is 5.91 Å². The van der Waals surface area contributed by atoms with Crippen molar-refractivity contribution in [1.29, 1.82) is 0 Å². The van der Waals surface area contributed by atoms with Gasteiger partial charge in [0, 0.05) is 19.6 Å². The monoisotopic (exact) mass is 293 g/mol. The molecule has 0 bridgehead atoms. The van der Waals surface area contributed by atoms with Crippen LogP contribution in [0, 0.1) is 5.92 Å². The van der Waals surface area contributed by atoms with Crippen LogP contribution in [-0.4, -0.2) is 44.3 Å². The first kappa shape index (κ1) is 15.5. The van der Waals surface area contributed by atoms with Gasteiger partial charge in [0.2, 0.25) is 0 Å². The van der Waals surface area contributed by atoms with Crippen LogP contribution in [0.3, 0.4) is 0 Å². The molecule has 2 rings (SSSR count). The van der Waals surface area contributed by atoms with E-state index in [1.54, 1.807) is 23.6 Å². The molecule has 0 unspecified atom stereocenters. The molecule has 1 saturated carbocycles. The van der Waals surface area contributed by atoms with E-state index in [-0.39, 0.29) is 24.4 Å². The maximum atomic E-state index is 12.7. The Labute approximate surface area is 124 Å². The van der Waals surface area contributed by atoms with E-state index in [0.29, 0.717) is 5.69 Å². The number of hydrogen-bond donors (Lipinski definition) is 1. The third kappa shape index (κ3) is 3.43. The molecule has 116 valence electrons. The Bertz CT molecular complexity index is 546. The summed E-state index contributed by atoms with van der Waals surface area (Å²) in [6.07, 6.45) is 1.90. The normalized spacial score (nSPS) is 16.0. The van der Waals surface area contributed by atoms with E-state index < -0.39 is 11.9 Å². The Morgan fingerprint density at radius 2 is 2.05 bits per heavy atom. The van der Waals surface area contributed by atoms with Gasteiger partial charge in [-0.05, 0) is 24.8 Å². The average molecular weight is 293 g/mol. The van der Waals surface area contributed by atoms with Crippen LogP contribution in [0.1, 0.15) is 55.7 Å². The fourth-order valence-electron chi connectivity index (χ4n) is 2.28. The van der Waals surface area contributed by atoms with Crippen molar-refractivity contribution in [3.63, 3.8) is 0 Å². The molecule has 0 saturated heterocycles. The highest BCUT2D eigenvalue weighted by Crippen LogP contribution is 2.29. The number of rotatable bonds is 6. The lowest BCUT2D eigenvalue weighted by atomic mass is 10.1. The zero-order chi connectivity index (χ0) is 15.7. The van der Waals surface area contributed by atoms with Gasteiger partial charge >= 0.3 is 5.97 Å². The Balaban J connectivity index is 2.20. The molecule has 6 nitrogen and oxygen atoms in total. The second-order valence-corrected chi connectivity index (χ2v) is 6.16. The molecule has 1 heterocycles. The van der Waals surface area contributed by atoms with Gasteiger partial charge < -0.3 is 10.0 Å². The first-order chi connectivity index (χ1) is 9.81. The van der Waals surface area contributed by atoms with E-state index in [4.69, 9.17) is 5.11 Å². The van der Waals surface area contributed by atoms with Gasteiger partial charge in [0.05, 0.1) is 11.6 Å². The molecule has 1 aromatic rings. The van der Waals surface area contributed by atoms with Crippen LogP contribution >= 0.6 is 0 Å². The largest absolute Gasteiger partial charge is 0.481 e. The van der Waals surface area contributed by atoms with Gasteiger partial charge in [-0.15, -0.1) is 0 Å². The van der Waals surface area contributed by atoms with Crippen molar-refractivity contribution in [2.45, 2.75) is 45.6 Å². The maximum Gasteiger partial charge on any atom is 0.308 e. The number of carbonyl (C=O) groups excluding carboxylic acids is 1. The molecular formula is C15H23N3O3. The minimum Gasteiger partial charge on any atom is -0.481 e. The van der Waals surface area contributed by atoms with Crippen molar-refractivity contribution >= 4 is 11.9 Å². The Morgan fingerprint density at radius 3 is 2.48 bits per heavy atom. The standard InChI is InChI=1S/C15H23N3O3/c1-9(2)12-7-13(17(4)16-12)14(19)18(11-5-6-11)8-10(3)15(20)21/h7,9-11H,5-6,8H2,1-4H3,(H,20,21)/t10-/m0/s1. The van der Waals surface area contributed by atoms with E-state index in [2.05, 4.69) is 5.10 Å². The summed E-state index contributed by atoms with van der Waals surface area (Å²) in [5.41, 5.74) is 1.41. The van der Waals surface area contributed by atoms with Crippen molar-refractivity contribution in [1.82, 2.24) is 14.7 Å². The van der Waals surface area contributed by atoms with E-state index >= 15 is 0 Å². The highest BCUT2D eigenvalue weighted by atomic mass is 16.4. The van der Waals surface area contributed by atoms with E-state index in [1.807, 2.05) is 19.9 Å². The highest BCUT2D eigenvalue weighted by molar-refractivity contribution is 5.93. The van der Waals surface area contributed by atoms with Crippen LogP contribution in [0.2, 0.25) is 0 Å². The smallest absolute Gasteiger partial charge is 0.308 e. The molecule has 1 aliphatic carbocycles. The summed E-state index contributed by atoms with van der Waals surface area (Å²) in [6, 6.07) is 1.99. The third-order valence-electron chi connectivity index (χ3n) is 3.85. The van der Waals surface area contributed by atoms with Gasteiger partial charge in [-0.1, -0.05) is 20.8 Å². The number of carboxylic acids is 1. The van der Waals surface area contributed by atoms with Crippen LogP contribution in [-0.2, 0) is 11.8 Å². The molecule has 1 N–H and O–H groups in total. The zero-order valence-corrected chi connectivity index (χ0v) is 13.0. The molecule has 1 fully saturated rings. The summed E-state index contributed by atoms with van der Waals surface area (Å²) in [5, 5.41) is 13.4. The number of carboxylic acid groups (broad SMARTS) is 1. The van der Waals surface area contributed by atoms with Crippen LogP contribution in [0.4, 0.5) is 0 Å². The van der Waals surface area contributed by atoms with Crippen molar-refractivity contribution in [2.24, 2.45) is 13.0 Å². The molecule has 1 aliphatic rings. The molecule has 1 aromatic heterocycles. The first-order valence-electron chi connectivity index (χ1n) is 7.39. The van der Waals surface area contributed by atoms with Gasteiger partial charge in [-0.2, -0.15) is 5.10 Å². The molecule has 1 amide bonds. The Kier molecular flexibility index (Phi) is 4.34. The first-order valence-corrected chi connectivity index (χ1v) is 7.39. The van der Waals surface area contributed by atoms with Crippen LogP contribution in [0.15, 0.2) is 6.07 Å². The van der Waals surface area contributed by atoms with E-state index in [9.17, 15) is 9.59 Å². The Morgan fingerprint density at radius 1 is 1.43 bits per heavy atom. The molecule has 0 spiro atoms. The molecule has 0 aromatic carbocycles. The summed E-state index contributed by atoms with van der Waals surface area (Å²) in [7, 11) is 1.75. The Hall–Kier alpha value is -1.85. The lowest BCUT2D eigenvalue weighted by Crippen LogP contribution is -2.39. The molecule has 0 radical (unpaired) electrons. The van der Waals surface area contributed by atoms with Crippen LogP contribution in [0.25, 0.3) is 0 Å². The van der Waals surface area contributed by atoms with Gasteiger partial charge in [0.1, 0.15) is 5.69 Å². The number of carbonyl (C=O) groups is 2. The SMILES string of the molecule is CC(C)c1cc(C(=O)N(C[C@H](C)C(=O)O)C2CC2)n(C)n1. The summed E-state index contributed by atoms with van der Waals surface area (Å²) in [6.45, 7) is 5.94. The predicted molar refractivity (Wildman–Crippen MR) is 78.2 cm³/mol. The van der Waals surface area contributed by atoms with E-state index in [0.717, 1.165) is 18.5 Å². The quantitative estimate of drug-likeness (QED) is 0.868.